The van der Waals surface area contributed by atoms with Crippen molar-refractivity contribution in [2.45, 2.75) is 6.04 Å². The topological polar surface area (TPSA) is 84.2 Å². The molecule has 0 heterocycles. The van der Waals surface area contributed by atoms with Crippen molar-refractivity contribution in [1.29, 1.82) is 0 Å². The number of amides is 4. The minimum absolute atomic E-state index is 0.428. The Bertz CT molecular complexity index is 627. The maximum atomic E-state index is 13.0. The lowest BCUT2D eigenvalue weighted by Gasteiger charge is -2.19. The van der Waals surface area contributed by atoms with Gasteiger partial charge in [0.1, 0.15) is 11.6 Å². The molecule has 0 saturated carbocycles. The lowest BCUT2D eigenvalue weighted by molar-refractivity contribution is 0.230. The molecule has 0 fully saturated rings. The zero-order valence-electron chi connectivity index (χ0n) is 11.3. The summed E-state index contributed by atoms with van der Waals surface area (Å²) < 4.78 is 26.1. The highest BCUT2D eigenvalue weighted by Crippen LogP contribution is 2.22. The molecule has 0 aromatic heterocycles. The summed E-state index contributed by atoms with van der Waals surface area (Å²) in [4.78, 5) is 22.4. The summed E-state index contributed by atoms with van der Waals surface area (Å²) in [7, 11) is 0. The minimum Gasteiger partial charge on any atom is -0.351 e. The van der Waals surface area contributed by atoms with E-state index in [0.29, 0.717) is 11.1 Å². The van der Waals surface area contributed by atoms with E-state index in [1.165, 1.54) is 48.5 Å². The summed E-state index contributed by atoms with van der Waals surface area (Å²) in [5, 5.41) is 4.40. The van der Waals surface area contributed by atoms with Crippen LogP contribution in [0.3, 0.4) is 0 Å². The van der Waals surface area contributed by atoms with Gasteiger partial charge in [0.2, 0.25) is 0 Å². The first-order valence-electron chi connectivity index (χ1n) is 6.33. The molecule has 7 heteroatoms. The Hall–Kier alpha value is -2.96. The molecular formula is C15H13F2N3O2. The molecule has 2 rings (SSSR count). The first-order valence-corrected chi connectivity index (χ1v) is 6.33. The molecule has 4 N–H and O–H groups in total. The average molecular weight is 305 g/mol. The predicted octanol–water partition coefficient (Wildman–Crippen LogP) is 2.43. The minimum atomic E-state index is -1.01. The first-order chi connectivity index (χ1) is 10.5. The van der Waals surface area contributed by atoms with Crippen molar-refractivity contribution in [3.8, 4) is 0 Å². The number of carbonyl (C=O) groups excluding carboxylic acids is 2. The van der Waals surface area contributed by atoms with Crippen molar-refractivity contribution >= 4 is 12.1 Å². The Kier molecular flexibility index (Phi) is 4.67. The van der Waals surface area contributed by atoms with Gasteiger partial charge in [-0.3, -0.25) is 5.32 Å². The van der Waals surface area contributed by atoms with Crippen LogP contribution in [0.25, 0.3) is 0 Å². The van der Waals surface area contributed by atoms with Crippen LogP contribution in [0.5, 0.6) is 0 Å². The van der Waals surface area contributed by atoms with Crippen LogP contribution in [0, 0.1) is 11.6 Å². The van der Waals surface area contributed by atoms with Crippen LogP contribution in [0.15, 0.2) is 48.5 Å². The smallest absolute Gasteiger partial charge is 0.323 e. The molecule has 0 radical (unpaired) electrons. The van der Waals surface area contributed by atoms with Gasteiger partial charge in [-0.2, -0.15) is 0 Å². The molecule has 114 valence electrons. The summed E-state index contributed by atoms with van der Waals surface area (Å²) in [5.74, 6) is -0.855. The number of hydrogen-bond donors (Lipinski definition) is 3. The molecule has 0 aliphatic heterocycles. The Labute approximate surface area is 125 Å². The van der Waals surface area contributed by atoms with Crippen molar-refractivity contribution in [1.82, 2.24) is 10.6 Å². The van der Waals surface area contributed by atoms with Gasteiger partial charge in [0.15, 0.2) is 0 Å². The number of halogens is 2. The molecule has 5 nitrogen and oxygen atoms in total. The quantitative estimate of drug-likeness (QED) is 0.813. The largest absolute Gasteiger partial charge is 0.351 e. The average Bonchev–Trinajstić information content (AvgIpc) is 2.46. The third-order valence-corrected chi connectivity index (χ3v) is 2.92. The van der Waals surface area contributed by atoms with Gasteiger partial charge in [0.05, 0.1) is 6.04 Å². The van der Waals surface area contributed by atoms with E-state index in [-0.39, 0.29) is 0 Å². The molecule has 0 aliphatic rings. The number of nitrogens with two attached hydrogens (primary N) is 1. The Morgan fingerprint density at radius 1 is 0.864 bits per heavy atom. The lowest BCUT2D eigenvalue weighted by Crippen LogP contribution is -2.43. The number of imide groups is 1. The summed E-state index contributed by atoms with van der Waals surface area (Å²) in [6.45, 7) is 0. The standard InChI is InChI=1S/C15H13F2N3O2/c16-11-5-1-9(2-6-11)13(19-15(22)20-14(18)21)10-3-7-12(17)8-4-10/h1-8,13H,(H4,18,19,20,21,22). The number of carbonyl (C=O) groups is 2. The van der Waals surface area contributed by atoms with E-state index in [2.05, 4.69) is 5.32 Å². The summed E-state index contributed by atoms with van der Waals surface area (Å²) in [5.41, 5.74) is 6.00. The number of urea groups is 2. The third-order valence-electron chi connectivity index (χ3n) is 2.92. The second kappa shape index (κ2) is 6.66. The van der Waals surface area contributed by atoms with E-state index in [1.807, 2.05) is 5.32 Å². The number of hydrogen-bond acceptors (Lipinski definition) is 2. The lowest BCUT2D eigenvalue weighted by atomic mass is 9.99. The van der Waals surface area contributed by atoms with E-state index in [0.717, 1.165) is 0 Å². The molecule has 22 heavy (non-hydrogen) atoms. The van der Waals surface area contributed by atoms with Crippen LogP contribution in [0.4, 0.5) is 18.4 Å². The van der Waals surface area contributed by atoms with Gasteiger partial charge in [-0.1, -0.05) is 24.3 Å². The molecule has 4 amide bonds. The molecule has 2 aromatic carbocycles. The van der Waals surface area contributed by atoms with Crippen molar-refractivity contribution < 1.29 is 18.4 Å². The molecule has 0 bridgehead atoms. The molecule has 0 saturated heterocycles. The molecule has 0 atom stereocenters. The van der Waals surface area contributed by atoms with Crippen LogP contribution < -0.4 is 16.4 Å². The normalized spacial score (nSPS) is 10.3. The first kappa shape index (κ1) is 15.4. The maximum Gasteiger partial charge on any atom is 0.323 e. The third kappa shape index (κ3) is 4.02. The van der Waals surface area contributed by atoms with Crippen molar-refractivity contribution in [3.05, 3.63) is 71.3 Å². The maximum absolute atomic E-state index is 13.0. The van der Waals surface area contributed by atoms with Gasteiger partial charge in [0, 0.05) is 0 Å². The van der Waals surface area contributed by atoms with Crippen LogP contribution in [-0.4, -0.2) is 12.1 Å². The Morgan fingerprint density at radius 3 is 1.64 bits per heavy atom. The van der Waals surface area contributed by atoms with Crippen molar-refractivity contribution in [2.75, 3.05) is 0 Å². The SMILES string of the molecule is NC(=O)NC(=O)NC(c1ccc(F)cc1)c1ccc(F)cc1. The number of primary amides is 1. The van der Waals surface area contributed by atoms with E-state index >= 15 is 0 Å². The van der Waals surface area contributed by atoms with Crippen LogP contribution in [0.1, 0.15) is 17.2 Å². The summed E-state index contributed by atoms with van der Waals surface area (Å²) in [6, 6.07) is 8.35. The highest BCUT2D eigenvalue weighted by Gasteiger charge is 2.17. The van der Waals surface area contributed by atoms with E-state index in [4.69, 9.17) is 5.73 Å². The van der Waals surface area contributed by atoms with Crippen LogP contribution >= 0.6 is 0 Å². The number of benzene rings is 2. The van der Waals surface area contributed by atoms with Gasteiger partial charge < -0.3 is 11.1 Å². The molecule has 0 unspecified atom stereocenters. The highest BCUT2D eigenvalue weighted by molar-refractivity contribution is 5.92. The molecule has 0 spiro atoms. The summed E-state index contributed by atoms with van der Waals surface area (Å²) >= 11 is 0. The van der Waals surface area contributed by atoms with Gasteiger partial charge in [-0.25, -0.2) is 18.4 Å². The van der Waals surface area contributed by atoms with Gasteiger partial charge in [0.25, 0.3) is 0 Å². The Balaban J connectivity index is 2.31. The van der Waals surface area contributed by atoms with E-state index in [9.17, 15) is 18.4 Å². The zero-order valence-corrected chi connectivity index (χ0v) is 11.3. The summed E-state index contributed by atoms with van der Waals surface area (Å²) in [6.07, 6.45) is 0. The number of rotatable bonds is 3. The monoisotopic (exact) mass is 305 g/mol. The van der Waals surface area contributed by atoms with Crippen LogP contribution in [-0.2, 0) is 0 Å². The van der Waals surface area contributed by atoms with Gasteiger partial charge in [-0.05, 0) is 35.4 Å². The van der Waals surface area contributed by atoms with Gasteiger partial charge in [-0.15, -0.1) is 0 Å². The number of nitrogens with one attached hydrogen (secondary N) is 2. The molecular weight excluding hydrogens is 292 g/mol. The fraction of sp³-hybridized carbons (Fsp3) is 0.0667. The highest BCUT2D eigenvalue weighted by atomic mass is 19.1. The zero-order chi connectivity index (χ0) is 16.1. The van der Waals surface area contributed by atoms with Crippen molar-refractivity contribution in [2.24, 2.45) is 5.73 Å². The van der Waals surface area contributed by atoms with E-state index in [1.54, 1.807) is 0 Å². The van der Waals surface area contributed by atoms with Crippen molar-refractivity contribution in [3.63, 3.8) is 0 Å². The second-order valence-corrected chi connectivity index (χ2v) is 4.50. The second-order valence-electron chi connectivity index (χ2n) is 4.50. The fourth-order valence-electron chi connectivity index (χ4n) is 1.95. The molecule has 2 aromatic rings. The van der Waals surface area contributed by atoms with Gasteiger partial charge >= 0.3 is 12.1 Å². The predicted molar refractivity (Wildman–Crippen MR) is 75.9 cm³/mol. The molecule has 0 aliphatic carbocycles. The Morgan fingerprint density at radius 2 is 1.27 bits per heavy atom. The van der Waals surface area contributed by atoms with Crippen LogP contribution in [0.2, 0.25) is 0 Å². The van der Waals surface area contributed by atoms with E-state index < -0.39 is 29.7 Å². The fourth-order valence-corrected chi connectivity index (χ4v) is 1.95.